The van der Waals surface area contributed by atoms with E-state index < -0.39 is 75.6 Å². The summed E-state index contributed by atoms with van der Waals surface area (Å²) in [6.45, 7) is 0. The lowest BCUT2D eigenvalue weighted by molar-refractivity contribution is -0.163. The summed E-state index contributed by atoms with van der Waals surface area (Å²) in [6.07, 6.45) is -22.0. The summed E-state index contributed by atoms with van der Waals surface area (Å²) >= 11 is 0. The molecule has 4 nitrogen and oxygen atoms in total. The minimum Gasteiger partial charge on any atom is -0.456 e. The second-order valence-corrected chi connectivity index (χ2v) is 7.55. The molecule has 3 rings (SSSR count). The maximum Gasteiger partial charge on any atom is 0.420 e. The van der Waals surface area contributed by atoms with Crippen LogP contribution < -0.4 is 20.9 Å². The Morgan fingerprint density at radius 2 is 0.868 bits per heavy atom. The molecule has 0 amide bonds. The van der Waals surface area contributed by atoms with Crippen LogP contribution in [0.3, 0.4) is 0 Å². The fraction of sp³-hybridized carbons (Fsp3) is 0.182. The summed E-state index contributed by atoms with van der Waals surface area (Å²) in [4.78, 5) is 0. The number of hydrogen-bond acceptors (Lipinski definition) is 4. The van der Waals surface area contributed by atoms with Crippen molar-refractivity contribution in [3.8, 4) is 23.0 Å². The van der Waals surface area contributed by atoms with E-state index in [0.29, 0.717) is 30.3 Å². The van der Waals surface area contributed by atoms with Gasteiger partial charge in [0.1, 0.15) is 28.6 Å². The number of benzene rings is 3. The van der Waals surface area contributed by atoms with E-state index in [1.165, 1.54) is 0 Å². The second kappa shape index (κ2) is 9.40. The van der Waals surface area contributed by atoms with Crippen molar-refractivity contribution in [2.75, 3.05) is 11.5 Å². The van der Waals surface area contributed by atoms with Gasteiger partial charge >= 0.3 is 24.7 Å². The van der Waals surface area contributed by atoms with Crippen LogP contribution in [0.5, 0.6) is 23.0 Å². The molecule has 4 N–H and O–H groups in total. The van der Waals surface area contributed by atoms with Crippen LogP contribution in [0.4, 0.5) is 64.1 Å². The molecule has 0 saturated carbocycles. The van der Waals surface area contributed by atoms with Crippen LogP contribution in [0.1, 0.15) is 22.3 Å². The van der Waals surface area contributed by atoms with Gasteiger partial charge in [0.15, 0.2) is 0 Å². The Labute approximate surface area is 204 Å². The number of rotatable bonds is 4. The fourth-order valence-electron chi connectivity index (χ4n) is 3.21. The first-order valence-electron chi connectivity index (χ1n) is 9.79. The normalized spacial score (nSPS) is 12.9. The highest BCUT2D eigenvalue weighted by Gasteiger charge is 2.47. The lowest BCUT2D eigenvalue weighted by Gasteiger charge is -2.22. The monoisotopic (exact) mass is 564 g/mol. The lowest BCUT2D eigenvalue weighted by Crippen LogP contribution is -2.18. The van der Waals surface area contributed by atoms with Gasteiger partial charge in [-0.25, -0.2) is 0 Å². The van der Waals surface area contributed by atoms with Crippen molar-refractivity contribution in [3.63, 3.8) is 0 Å². The van der Waals surface area contributed by atoms with Crippen LogP contribution in [-0.2, 0) is 24.7 Å². The molecule has 0 atom stereocenters. The summed E-state index contributed by atoms with van der Waals surface area (Å²) in [7, 11) is 0. The van der Waals surface area contributed by atoms with Gasteiger partial charge in [-0.15, -0.1) is 0 Å². The molecule has 206 valence electrons. The Hall–Kier alpha value is -3.98. The number of nitrogens with two attached hydrogens (primary N) is 2. The Balaban J connectivity index is 2.31. The molecular weight excluding hydrogens is 552 g/mol. The number of halogens is 12. The van der Waals surface area contributed by atoms with Gasteiger partial charge < -0.3 is 20.9 Å². The Morgan fingerprint density at radius 3 is 1.26 bits per heavy atom. The number of hydrogen-bond donors (Lipinski definition) is 2. The number of ether oxygens (including phenoxy) is 2. The average Bonchev–Trinajstić information content (AvgIpc) is 2.70. The van der Waals surface area contributed by atoms with E-state index in [9.17, 15) is 52.7 Å². The van der Waals surface area contributed by atoms with Gasteiger partial charge in [-0.2, -0.15) is 52.7 Å². The maximum atomic E-state index is 13.8. The van der Waals surface area contributed by atoms with Crippen LogP contribution in [0.15, 0.2) is 48.5 Å². The van der Waals surface area contributed by atoms with E-state index in [1.807, 2.05) is 0 Å². The van der Waals surface area contributed by atoms with E-state index >= 15 is 0 Å². The average molecular weight is 564 g/mol. The van der Waals surface area contributed by atoms with Gasteiger partial charge in [-0.3, -0.25) is 0 Å². The largest absolute Gasteiger partial charge is 0.456 e. The van der Waals surface area contributed by atoms with Crippen molar-refractivity contribution in [2.45, 2.75) is 24.7 Å². The van der Waals surface area contributed by atoms with E-state index in [-0.39, 0.29) is 17.8 Å². The van der Waals surface area contributed by atoms with E-state index in [1.54, 1.807) is 0 Å². The molecule has 0 aliphatic heterocycles. The van der Waals surface area contributed by atoms with Crippen molar-refractivity contribution < 1.29 is 62.2 Å². The van der Waals surface area contributed by atoms with Crippen molar-refractivity contribution in [2.24, 2.45) is 0 Å². The molecule has 0 saturated heterocycles. The van der Waals surface area contributed by atoms with Crippen molar-refractivity contribution >= 4 is 11.4 Å². The van der Waals surface area contributed by atoms with Crippen molar-refractivity contribution in [1.29, 1.82) is 0 Å². The number of alkyl halides is 12. The zero-order valence-corrected chi connectivity index (χ0v) is 18.1. The molecular formula is C22H12F12N2O2. The third-order valence-corrected chi connectivity index (χ3v) is 4.73. The van der Waals surface area contributed by atoms with Crippen LogP contribution in [0, 0.1) is 0 Å². The second-order valence-electron chi connectivity index (χ2n) is 7.55. The highest BCUT2D eigenvalue weighted by Crippen LogP contribution is 2.50. The summed E-state index contributed by atoms with van der Waals surface area (Å²) in [5.41, 5.74) is 1.61. The van der Waals surface area contributed by atoms with Gasteiger partial charge in [0.25, 0.3) is 0 Å². The first-order valence-corrected chi connectivity index (χ1v) is 9.79. The van der Waals surface area contributed by atoms with Crippen molar-refractivity contribution in [1.82, 2.24) is 0 Å². The Bertz CT molecular complexity index is 1340. The molecule has 3 aromatic rings. The molecule has 0 heterocycles. The van der Waals surface area contributed by atoms with Crippen LogP contribution in [0.25, 0.3) is 0 Å². The van der Waals surface area contributed by atoms with Gasteiger partial charge in [0.05, 0.1) is 16.7 Å². The first kappa shape index (κ1) is 28.6. The molecule has 3 aromatic carbocycles. The highest BCUT2D eigenvalue weighted by atomic mass is 19.4. The minimum atomic E-state index is -5.86. The molecule has 0 bridgehead atoms. The van der Waals surface area contributed by atoms with Gasteiger partial charge in [0.2, 0.25) is 0 Å². The molecule has 0 unspecified atom stereocenters. The molecule has 16 heteroatoms. The topological polar surface area (TPSA) is 70.5 Å². The SMILES string of the molecule is Nc1ccc(C(F)(F)F)c(Oc2cc(Oc3cc(N)ccc3C(F)(F)F)c(C(F)(F)F)c(C(F)(F)F)c2)c1. The summed E-state index contributed by atoms with van der Waals surface area (Å²) < 4.78 is 172. The molecule has 38 heavy (non-hydrogen) atoms. The molecule has 0 aromatic heterocycles. The summed E-state index contributed by atoms with van der Waals surface area (Å²) in [5, 5.41) is 0. The first-order chi connectivity index (χ1) is 17.2. The third-order valence-electron chi connectivity index (χ3n) is 4.73. The fourth-order valence-corrected chi connectivity index (χ4v) is 3.21. The minimum absolute atomic E-state index is 0.0603. The van der Waals surface area contributed by atoms with Crippen LogP contribution >= 0.6 is 0 Å². The molecule has 0 fully saturated rings. The smallest absolute Gasteiger partial charge is 0.420 e. The number of nitrogen functional groups attached to an aromatic ring is 2. The van der Waals surface area contributed by atoms with Crippen LogP contribution in [0.2, 0.25) is 0 Å². The maximum absolute atomic E-state index is 13.8. The quantitative estimate of drug-likeness (QED) is 0.246. The van der Waals surface area contributed by atoms with E-state index in [4.69, 9.17) is 16.2 Å². The molecule has 0 spiro atoms. The predicted octanol–water partition coefficient (Wildman–Crippen LogP) is 8.51. The van der Waals surface area contributed by atoms with Gasteiger partial charge in [0, 0.05) is 29.6 Å². The highest BCUT2D eigenvalue weighted by molar-refractivity contribution is 5.57. The van der Waals surface area contributed by atoms with Crippen molar-refractivity contribution in [3.05, 3.63) is 70.8 Å². The third kappa shape index (κ3) is 6.28. The zero-order chi connectivity index (χ0) is 28.8. The Morgan fingerprint density at radius 1 is 0.447 bits per heavy atom. The van der Waals surface area contributed by atoms with E-state index in [2.05, 4.69) is 4.74 Å². The number of anilines is 2. The Kier molecular flexibility index (Phi) is 7.07. The molecule has 0 radical (unpaired) electrons. The predicted molar refractivity (Wildman–Crippen MR) is 108 cm³/mol. The summed E-state index contributed by atoms with van der Waals surface area (Å²) in [5.74, 6) is -5.74. The van der Waals surface area contributed by atoms with Gasteiger partial charge in [-0.05, 0) is 30.3 Å². The van der Waals surface area contributed by atoms with E-state index in [0.717, 1.165) is 6.07 Å². The van der Waals surface area contributed by atoms with Crippen LogP contribution in [-0.4, -0.2) is 0 Å². The van der Waals surface area contributed by atoms with Gasteiger partial charge in [-0.1, -0.05) is 0 Å². The lowest BCUT2D eigenvalue weighted by atomic mass is 10.0. The molecule has 0 aliphatic carbocycles. The molecule has 0 aliphatic rings. The summed E-state index contributed by atoms with van der Waals surface area (Å²) in [6, 6.07) is 2.92. The standard InChI is InChI=1S/C22H12F12N2O2/c23-19(24,25)12-3-1-9(35)5-15(12)37-11-7-14(21(29,30)31)18(22(32,33)34)17(8-11)38-16-6-10(36)2-4-13(16)20(26,27)28/h1-8H,35-36H2. The zero-order valence-electron chi connectivity index (χ0n) is 18.1.